The van der Waals surface area contributed by atoms with E-state index in [1.54, 1.807) is 12.1 Å². The van der Waals surface area contributed by atoms with E-state index in [1.165, 1.54) is 81.1 Å². The van der Waals surface area contributed by atoms with Crippen LogP contribution < -0.4 is 14.2 Å². The van der Waals surface area contributed by atoms with Crippen molar-refractivity contribution < 1.29 is 42.9 Å². The third-order valence-corrected chi connectivity index (χ3v) is 8.86. The lowest BCUT2D eigenvalue weighted by Gasteiger charge is -2.15. The third kappa shape index (κ3) is 12.8. The lowest BCUT2D eigenvalue weighted by molar-refractivity contribution is -0.154. The fourth-order valence-corrected chi connectivity index (χ4v) is 5.28. The third-order valence-electron chi connectivity index (χ3n) is 8.57. The summed E-state index contributed by atoms with van der Waals surface area (Å²) < 4.78 is 27.2. The average molecular weight is 743 g/mol. The zero-order valence-corrected chi connectivity index (χ0v) is 31.5. The number of esters is 4. The van der Waals surface area contributed by atoms with Crippen LogP contribution in [0.5, 0.6) is 17.2 Å². The highest BCUT2D eigenvalue weighted by molar-refractivity contribution is 6.32. The van der Waals surface area contributed by atoms with E-state index in [-0.39, 0.29) is 35.2 Å². The van der Waals surface area contributed by atoms with Crippen LogP contribution in [0.25, 0.3) is 11.1 Å². The standard InChI is InChI=1S/C43H47ClO9/c1-5-7-8-9-10-11-26-49-39-25-20-35(27-38(39)44)31-12-14-32(15-13-31)42(47)52-37-23-18-34(19-24-37)43(48)53-36-21-16-33(17-22-36)41(46)51-30(4)40(45)50-28-29(3)6-2/h12-25,27,29-30H,5-11,26,28H2,1-4H3. The van der Waals surface area contributed by atoms with E-state index >= 15 is 0 Å². The second-order valence-electron chi connectivity index (χ2n) is 12.9. The topological polar surface area (TPSA) is 114 Å². The van der Waals surface area contributed by atoms with E-state index in [0.29, 0.717) is 22.9 Å². The molecule has 4 aromatic rings. The van der Waals surface area contributed by atoms with Gasteiger partial charge in [-0.25, -0.2) is 19.2 Å². The summed E-state index contributed by atoms with van der Waals surface area (Å²) in [7, 11) is 0. The summed E-state index contributed by atoms with van der Waals surface area (Å²) in [5.74, 6) is -1.23. The number of carbonyl (C=O) groups excluding carboxylic acids is 4. The first-order valence-electron chi connectivity index (χ1n) is 18.1. The Morgan fingerprint density at radius 1 is 0.623 bits per heavy atom. The fraction of sp³-hybridized carbons (Fsp3) is 0.349. The maximum atomic E-state index is 12.8. The van der Waals surface area contributed by atoms with Crippen molar-refractivity contribution in [3.05, 3.63) is 113 Å². The molecule has 4 rings (SSSR count). The van der Waals surface area contributed by atoms with Crippen LogP contribution in [0.3, 0.4) is 0 Å². The molecule has 0 aliphatic heterocycles. The molecule has 0 aliphatic carbocycles. The van der Waals surface area contributed by atoms with Gasteiger partial charge in [-0.1, -0.05) is 89.1 Å². The molecule has 53 heavy (non-hydrogen) atoms. The number of unbranched alkanes of at least 4 members (excludes halogenated alkanes) is 5. The second-order valence-corrected chi connectivity index (χ2v) is 13.3. The summed E-state index contributed by atoms with van der Waals surface area (Å²) in [5, 5.41) is 0.531. The van der Waals surface area contributed by atoms with Crippen LogP contribution in [-0.2, 0) is 14.3 Å². The van der Waals surface area contributed by atoms with E-state index in [9.17, 15) is 19.2 Å². The average Bonchev–Trinajstić information content (AvgIpc) is 3.17. The largest absolute Gasteiger partial charge is 0.492 e. The first-order chi connectivity index (χ1) is 25.6. The fourth-order valence-electron chi connectivity index (χ4n) is 5.05. The molecule has 0 spiro atoms. The lowest BCUT2D eigenvalue weighted by atomic mass is 10.0. The van der Waals surface area contributed by atoms with Gasteiger partial charge in [-0.2, -0.15) is 0 Å². The first kappa shape index (κ1) is 40.6. The molecule has 2 atom stereocenters. The predicted molar refractivity (Wildman–Crippen MR) is 204 cm³/mol. The molecule has 2 unspecified atom stereocenters. The minimum absolute atomic E-state index is 0.176. The highest BCUT2D eigenvalue weighted by atomic mass is 35.5. The molecule has 0 saturated carbocycles. The van der Waals surface area contributed by atoms with Crippen molar-refractivity contribution in [3.63, 3.8) is 0 Å². The Balaban J connectivity index is 1.24. The molecule has 4 aromatic carbocycles. The highest BCUT2D eigenvalue weighted by Crippen LogP contribution is 2.31. The van der Waals surface area contributed by atoms with Gasteiger partial charge in [-0.15, -0.1) is 0 Å². The molecule has 0 saturated heterocycles. The van der Waals surface area contributed by atoms with Crippen molar-refractivity contribution in [1.29, 1.82) is 0 Å². The van der Waals surface area contributed by atoms with Crippen molar-refractivity contribution in [2.45, 2.75) is 78.7 Å². The molecule has 9 nitrogen and oxygen atoms in total. The van der Waals surface area contributed by atoms with Crippen LogP contribution in [0, 0.1) is 5.92 Å². The van der Waals surface area contributed by atoms with E-state index < -0.39 is 30.0 Å². The molecule has 0 bridgehead atoms. The minimum atomic E-state index is -1.07. The Kier molecular flexibility index (Phi) is 15.9. The van der Waals surface area contributed by atoms with Crippen molar-refractivity contribution in [2.75, 3.05) is 13.2 Å². The van der Waals surface area contributed by atoms with Gasteiger partial charge in [0, 0.05) is 0 Å². The zero-order valence-electron chi connectivity index (χ0n) is 30.7. The van der Waals surface area contributed by atoms with Gasteiger partial charge in [-0.3, -0.25) is 0 Å². The van der Waals surface area contributed by atoms with Crippen molar-refractivity contribution in [1.82, 2.24) is 0 Å². The molecule has 0 heterocycles. The molecule has 0 aliphatic rings. The number of benzene rings is 4. The summed E-state index contributed by atoms with van der Waals surface area (Å²) in [4.78, 5) is 50.2. The van der Waals surface area contributed by atoms with Gasteiger partial charge in [0.25, 0.3) is 0 Å². The molecule has 280 valence electrons. The van der Waals surface area contributed by atoms with Crippen LogP contribution in [0.1, 0.15) is 104 Å². The zero-order chi connectivity index (χ0) is 38.2. The molecule has 0 fully saturated rings. The van der Waals surface area contributed by atoms with Gasteiger partial charge in [0.05, 0.1) is 34.9 Å². The summed E-state index contributed by atoms with van der Waals surface area (Å²) in [6, 6.07) is 24.3. The molecule has 0 amide bonds. The Morgan fingerprint density at radius 2 is 1.13 bits per heavy atom. The van der Waals surface area contributed by atoms with Gasteiger partial charge in [-0.05, 0) is 103 Å². The van der Waals surface area contributed by atoms with Crippen LogP contribution in [-0.4, -0.2) is 43.2 Å². The first-order valence-corrected chi connectivity index (χ1v) is 18.5. The smallest absolute Gasteiger partial charge is 0.347 e. The van der Waals surface area contributed by atoms with Crippen molar-refractivity contribution in [3.8, 4) is 28.4 Å². The maximum absolute atomic E-state index is 12.8. The number of halogens is 1. The van der Waals surface area contributed by atoms with E-state index in [4.69, 9.17) is 35.3 Å². The molecule has 0 N–H and O–H groups in total. The normalized spacial score (nSPS) is 11.9. The summed E-state index contributed by atoms with van der Waals surface area (Å²) >= 11 is 6.50. The number of hydrogen-bond donors (Lipinski definition) is 0. The lowest BCUT2D eigenvalue weighted by Crippen LogP contribution is -2.27. The maximum Gasteiger partial charge on any atom is 0.347 e. The molecular formula is C43H47ClO9. The van der Waals surface area contributed by atoms with Crippen LogP contribution in [0.2, 0.25) is 5.02 Å². The Morgan fingerprint density at radius 3 is 1.68 bits per heavy atom. The van der Waals surface area contributed by atoms with Crippen LogP contribution in [0.4, 0.5) is 0 Å². The number of carbonyl (C=O) groups is 4. The SMILES string of the molecule is CCCCCCCCOc1ccc(-c2ccc(C(=O)Oc3ccc(C(=O)Oc4ccc(C(=O)OC(C)C(=O)OCC(C)CC)cc4)cc3)cc2)cc1Cl. The number of rotatable bonds is 19. The second kappa shape index (κ2) is 20.8. The van der Waals surface area contributed by atoms with Crippen LogP contribution in [0.15, 0.2) is 91.0 Å². The van der Waals surface area contributed by atoms with Crippen LogP contribution >= 0.6 is 11.6 Å². The quantitative estimate of drug-likeness (QED) is 0.0526. The van der Waals surface area contributed by atoms with Gasteiger partial charge in [0.2, 0.25) is 0 Å². The Hall–Kier alpha value is -5.15. The molecular weight excluding hydrogens is 696 g/mol. The summed E-state index contributed by atoms with van der Waals surface area (Å²) in [5.41, 5.74) is 2.52. The molecule has 10 heteroatoms. The Labute approximate surface area is 316 Å². The van der Waals surface area contributed by atoms with Crippen molar-refractivity contribution >= 4 is 35.5 Å². The van der Waals surface area contributed by atoms with E-state index in [0.717, 1.165) is 30.4 Å². The van der Waals surface area contributed by atoms with E-state index in [2.05, 4.69) is 6.92 Å². The molecule has 0 radical (unpaired) electrons. The van der Waals surface area contributed by atoms with Gasteiger partial charge < -0.3 is 23.7 Å². The monoisotopic (exact) mass is 742 g/mol. The van der Waals surface area contributed by atoms with Gasteiger partial charge in [0.1, 0.15) is 17.2 Å². The summed E-state index contributed by atoms with van der Waals surface area (Å²) in [6.07, 6.45) is 6.92. The van der Waals surface area contributed by atoms with Gasteiger partial charge in [0.15, 0.2) is 6.10 Å². The minimum Gasteiger partial charge on any atom is -0.492 e. The number of hydrogen-bond acceptors (Lipinski definition) is 9. The molecule has 0 aromatic heterocycles. The predicted octanol–water partition coefficient (Wildman–Crippen LogP) is 10.3. The van der Waals surface area contributed by atoms with E-state index in [1.807, 2.05) is 44.2 Å². The highest BCUT2D eigenvalue weighted by Gasteiger charge is 2.21. The van der Waals surface area contributed by atoms with Crippen molar-refractivity contribution in [2.24, 2.45) is 5.92 Å². The number of ether oxygens (including phenoxy) is 5. The summed E-state index contributed by atoms with van der Waals surface area (Å²) in [6.45, 7) is 8.49. The Bertz CT molecular complexity index is 1800. The van der Waals surface area contributed by atoms with Gasteiger partial charge >= 0.3 is 23.9 Å².